The number of pyridine rings is 1. The van der Waals surface area contributed by atoms with E-state index in [1.165, 1.54) is 6.26 Å². The van der Waals surface area contributed by atoms with Crippen LogP contribution in [0.2, 0.25) is 0 Å². The van der Waals surface area contributed by atoms with E-state index in [-0.39, 0.29) is 4.90 Å². The summed E-state index contributed by atoms with van der Waals surface area (Å²) in [5, 5.41) is 5.38. The summed E-state index contributed by atoms with van der Waals surface area (Å²) in [5.41, 5.74) is 6.66. The van der Waals surface area contributed by atoms with Crippen LogP contribution in [-0.2, 0) is 15.4 Å². The Morgan fingerprint density at radius 3 is 1.70 bits per heavy atom. The van der Waals surface area contributed by atoms with E-state index in [1.807, 2.05) is 42.6 Å². The minimum atomic E-state index is -3.35. The van der Waals surface area contributed by atoms with Gasteiger partial charge in [0.1, 0.15) is 20.6 Å². The van der Waals surface area contributed by atoms with Crippen LogP contribution in [0, 0.1) is 3.70 Å². The van der Waals surface area contributed by atoms with Gasteiger partial charge in [0.2, 0.25) is 0 Å². The number of aromatic nitrogens is 4. The zero-order valence-corrected chi connectivity index (χ0v) is 26.7. The number of fused-ring (bicyclic) bond motifs is 1. The molecule has 4 aromatic carbocycles. The number of rotatable bonds is 7. The average molecular weight is 707 g/mol. The summed E-state index contributed by atoms with van der Waals surface area (Å²) in [6.45, 7) is 0. The Labute approximate surface area is 269 Å². The Hall–Kier alpha value is -4.54. The molecule has 0 aliphatic heterocycles. The van der Waals surface area contributed by atoms with Crippen molar-refractivity contribution in [2.24, 2.45) is 0 Å². The van der Waals surface area contributed by atoms with Gasteiger partial charge in [-0.15, -0.1) is 0 Å². The number of imidazole rings is 1. The topological polar surface area (TPSA) is 69.3 Å². The molecule has 0 unspecified atom stereocenters. The van der Waals surface area contributed by atoms with Crippen LogP contribution in [0.4, 0.5) is 0 Å². The van der Waals surface area contributed by atoms with Gasteiger partial charge in [0.15, 0.2) is 9.84 Å². The molecule has 0 fully saturated rings. The predicted octanol–water partition coefficient (Wildman–Crippen LogP) is 7.71. The van der Waals surface area contributed by atoms with Gasteiger partial charge in [0.05, 0.1) is 11.1 Å². The Morgan fingerprint density at radius 2 is 1.18 bits per heavy atom. The second kappa shape index (κ2) is 11.2. The van der Waals surface area contributed by atoms with Crippen LogP contribution in [0.3, 0.4) is 0 Å². The van der Waals surface area contributed by atoms with Crippen LogP contribution in [0.15, 0.2) is 151 Å². The summed E-state index contributed by atoms with van der Waals surface area (Å²) in [7, 11) is -3.35. The molecule has 0 aliphatic rings. The van der Waals surface area contributed by atoms with Crippen molar-refractivity contribution in [3.05, 3.63) is 166 Å². The Bertz CT molecular complexity index is 2100. The maximum atomic E-state index is 12.3. The standard InChI is InChI=1S/C36H27IN4O2S/c1-44(42,43)31-20-17-26(18-21-31)35-32(27-19-22-34-38-23-33(37)40(34)24-27)25-41(39-35)36(28-11-5-2-6-12-28,29-13-7-3-8-14-29)30-15-9-4-10-16-30/h2-25H,1H3. The molecule has 0 amide bonds. The molecule has 0 saturated heterocycles. The number of hydrogen-bond donors (Lipinski definition) is 0. The second-order valence-corrected chi connectivity index (χ2v) is 13.8. The molecule has 7 rings (SSSR count). The van der Waals surface area contributed by atoms with Gasteiger partial charge < -0.3 is 0 Å². The highest BCUT2D eigenvalue weighted by Gasteiger charge is 2.40. The lowest BCUT2D eigenvalue weighted by atomic mass is 9.77. The fourth-order valence-electron chi connectivity index (χ4n) is 5.88. The SMILES string of the molecule is CS(=O)(=O)c1ccc(-c2nn(C(c3ccccc3)(c3ccccc3)c3ccccc3)cc2-c2ccc3ncc(I)n3c2)cc1. The van der Waals surface area contributed by atoms with Gasteiger partial charge >= 0.3 is 0 Å². The molecule has 7 aromatic rings. The number of sulfone groups is 1. The van der Waals surface area contributed by atoms with Gasteiger partial charge in [-0.3, -0.25) is 9.08 Å². The summed E-state index contributed by atoms with van der Waals surface area (Å²) in [6, 6.07) is 42.3. The van der Waals surface area contributed by atoms with Crippen LogP contribution in [0.5, 0.6) is 0 Å². The molecule has 8 heteroatoms. The normalized spacial score (nSPS) is 12.0. The summed E-state index contributed by atoms with van der Waals surface area (Å²) < 4.78 is 29.7. The maximum absolute atomic E-state index is 12.3. The van der Waals surface area contributed by atoms with Gasteiger partial charge in [-0.05, 0) is 63.5 Å². The second-order valence-electron chi connectivity index (χ2n) is 10.7. The number of halogens is 1. The van der Waals surface area contributed by atoms with Gasteiger partial charge in [-0.2, -0.15) is 5.10 Å². The minimum absolute atomic E-state index is 0.267. The highest BCUT2D eigenvalue weighted by atomic mass is 127. The molecular weight excluding hydrogens is 679 g/mol. The first-order valence-electron chi connectivity index (χ1n) is 14.1. The van der Waals surface area contributed by atoms with Crippen molar-refractivity contribution in [1.82, 2.24) is 19.2 Å². The van der Waals surface area contributed by atoms with Crippen LogP contribution in [0.1, 0.15) is 16.7 Å². The first-order valence-corrected chi connectivity index (χ1v) is 17.0. The Kier molecular flexibility index (Phi) is 7.18. The monoisotopic (exact) mass is 706 g/mol. The average Bonchev–Trinajstić information content (AvgIpc) is 3.67. The van der Waals surface area contributed by atoms with Crippen molar-refractivity contribution in [2.45, 2.75) is 10.4 Å². The van der Waals surface area contributed by atoms with Gasteiger partial charge in [-0.25, -0.2) is 13.4 Å². The molecule has 6 nitrogen and oxygen atoms in total. The van der Waals surface area contributed by atoms with Crippen molar-refractivity contribution in [2.75, 3.05) is 6.26 Å². The highest BCUT2D eigenvalue weighted by Crippen LogP contribution is 2.43. The Morgan fingerprint density at radius 1 is 0.659 bits per heavy atom. The van der Waals surface area contributed by atoms with E-state index in [2.05, 4.69) is 128 Å². The van der Waals surface area contributed by atoms with Crippen molar-refractivity contribution in [3.8, 4) is 22.4 Å². The molecule has 0 spiro atoms. The third kappa shape index (κ3) is 4.84. The molecule has 0 saturated carbocycles. The Balaban J connectivity index is 1.56. The van der Waals surface area contributed by atoms with Crippen molar-refractivity contribution in [1.29, 1.82) is 0 Å². The van der Waals surface area contributed by atoms with E-state index in [0.717, 1.165) is 48.4 Å². The number of benzene rings is 4. The molecular formula is C36H27IN4O2S. The van der Waals surface area contributed by atoms with Crippen LogP contribution in [0.25, 0.3) is 28.0 Å². The molecule has 3 heterocycles. The quantitative estimate of drug-likeness (QED) is 0.126. The number of hydrogen-bond acceptors (Lipinski definition) is 4. The lowest BCUT2D eigenvalue weighted by molar-refractivity contribution is 0.461. The summed E-state index contributed by atoms with van der Waals surface area (Å²) in [4.78, 5) is 4.77. The van der Waals surface area contributed by atoms with Crippen LogP contribution in [-0.4, -0.2) is 33.8 Å². The zero-order chi connectivity index (χ0) is 30.3. The van der Waals surface area contributed by atoms with Crippen molar-refractivity contribution >= 4 is 38.1 Å². The lowest BCUT2D eigenvalue weighted by Crippen LogP contribution is -2.38. The van der Waals surface area contributed by atoms with Crippen LogP contribution < -0.4 is 0 Å². The predicted molar refractivity (Wildman–Crippen MR) is 182 cm³/mol. The molecule has 0 radical (unpaired) electrons. The first-order chi connectivity index (χ1) is 21.4. The minimum Gasteiger partial charge on any atom is -0.294 e. The van der Waals surface area contributed by atoms with Crippen molar-refractivity contribution < 1.29 is 8.42 Å². The molecule has 216 valence electrons. The van der Waals surface area contributed by atoms with E-state index in [1.54, 1.807) is 12.1 Å². The molecule has 0 bridgehead atoms. The maximum Gasteiger partial charge on any atom is 0.175 e. The van der Waals surface area contributed by atoms with Gasteiger partial charge in [-0.1, -0.05) is 103 Å². The van der Waals surface area contributed by atoms with E-state index in [0.29, 0.717) is 0 Å². The first kappa shape index (κ1) is 28.2. The van der Waals surface area contributed by atoms with Gasteiger partial charge in [0.25, 0.3) is 0 Å². The highest BCUT2D eigenvalue weighted by molar-refractivity contribution is 14.1. The van der Waals surface area contributed by atoms with Crippen molar-refractivity contribution in [3.63, 3.8) is 0 Å². The van der Waals surface area contributed by atoms with E-state index in [4.69, 9.17) is 5.10 Å². The fraction of sp³-hybridized carbons (Fsp3) is 0.0556. The fourth-order valence-corrected chi connectivity index (χ4v) is 7.03. The third-order valence-corrected chi connectivity index (χ3v) is 9.89. The van der Waals surface area contributed by atoms with E-state index >= 15 is 0 Å². The van der Waals surface area contributed by atoms with Gasteiger partial charge in [0, 0.05) is 35.3 Å². The molecule has 0 atom stereocenters. The molecule has 3 aromatic heterocycles. The zero-order valence-electron chi connectivity index (χ0n) is 23.7. The van der Waals surface area contributed by atoms with E-state index in [9.17, 15) is 8.42 Å². The van der Waals surface area contributed by atoms with Crippen LogP contribution >= 0.6 is 22.6 Å². The summed E-state index contributed by atoms with van der Waals surface area (Å²) >= 11 is 2.28. The molecule has 0 N–H and O–H groups in total. The molecule has 44 heavy (non-hydrogen) atoms. The van der Waals surface area contributed by atoms with E-state index < -0.39 is 15.4 Å². The lowest BCUT2D eigenvalue weighted by Gasteiger charge is -2.36. The smallest absolute Gasteiger partial charge is 0.175 e. The number of nitrogens with zero attached hydrogens (tertiary/aromatic N) is 4. The summed E-state index contributed by atoms with van der Waals surface area (Å²) in [6.07, 6.45) is 7.25. The summed E-state index contributed by atoms with van der Waals surface area (Å²) in [5.74, 6) is 0. The largest absolute Gasteiger partial charge is 0.294 e. The third-order valence-electron chi connectivity index (χ3n) is 7.96. The molecule has 0 aliphatic carbocycles.